The molecule has 2 aliphatic heterocycles. The van der Waals surface area contributed by atoms with Crippen molar-refractivity contribution in [3.05, 3.63) is 42.0 Å². The van der Waals surface area contributed by atoms with Crippen molar-refractivity contribution < 1.29 is 4.74 Å². The van der Waals surface area contributed by atoms with E-state index in [2.05, 4.69) is 56.5 Å². The summed E-state index contributed by atoms with van der Waals surface area (Å²) >= 11 is 0. The highest BCUT2D eigenvalue weighted by Gasteiger charge is 2.24. The lowest BCUT2D eigenvalue weighted by molar-refractivity contribution is 0.00101. The molecule has 1 N–H and O–H groups in total. The Morgan fingerprint density at radius 3 is 2.59 bits per heavy atom. The van der Waals surface area contributed by atoms with Gasteiger partial charge in [-0.2, -0.15) is 0 Å². The monoisotopic (exact) mass is 396 g/mol. The van der Waals surface area contributed by atoms with Crippen molar-refractivity contribution in [1.29, 1.82) is 0 Å². The van der Waals surface area contributed by atoms with E-state index in [0.29, 0.717) is 6.10 Å². The maximum atomic E-state index is 6.22. The van der Waals surface area contributed by atoms with Gasteiger partial charge in [0.15, 0.2) is 5.96 Å². The van der Waals surface area contributed by atoms with Gasteiger partial charge in [-0.1, -0.05) is 37.1 Å². The van der Waals surface area contributed by atoms with Crippen LogP contribution in [-0.4, -0.2) is 56.8 Å². The summed E-state index contributed by atoms with van der Waals surface area (Å²) in [4.78, 5) is 9.29. The minimum atomic E-state index is 0.427. The van der Waals surface area contributed by atoms with E-state index >= 15 is 0 Å². The Labute approximate surface area is 175 Å². The van der Waals surface area contributed by atoms with Crippen LogP contribution in [0.3, 0.4) is 0 Å². The van der Waals surface area contributed by atoms with Crippen LogP contribution in [-0.2, 0) is 11.3 Å². The molecule has 1 saturated heterocycles. The number of guanidine groups is 1. The van der Waals surface area contributed by atoms with E-state index in [-0.39, 0.29) is 0 Å². The molecule has 0 aromatic heterocycles. The van der Waals surface area contributed by atoms with Crippen LogP contribution in [0.1, 0.15) is 44.1 Å². The third-order valence-corrected chi connectivity index (χ3v) is 6.54. The first-order valence-corrected chi connectivity index (χ1v) is 11.4. The SMILES string of the molecule is CN=C(NCc1cccc(N2CC=CC2)c1)N1CCC(OCC2CCCC2)CC1. The van der Waals surface area contributed by atoms with Crippen molar-refractivity contribution in [2.45, 2.75) is 51.2 Å². The van der Waals surface area contributed by atoms with Gasteiger partial charge in [0, 0.05) is 52.1 Å². The lowest BCUT2D eigenvalue weighted by Crippen LogP contribution is -2.46. The van der Waals surface area contributed by atoms with E-state index in [0.717, 1.165) is 64.0 Å². The predicted molar refractivity (Wildman–Crippen MR) is 120 cm³/mol. The molecule has 1 aromatic rings. The molecule has 0 spiro atoms. The second-order valence-corrected chi connectivity index (χ2v) is 8.62. The summed E-state index contributed by atoms with van der Waals surface area (Å²) in [5.41, 5.74) is 2.59. The molecule has 3 aliphatic rings. The Bertz CT molecular complexity index is 695. The zero-order valence-corrected chi connectivity index (χ0v) is 17.9. The summed E-state index contributed by atoms with van der Waals surface area (Å²) in [5.74, 6) is 1.82. The Hall–Kier alpha value is -2.01. The quantitative estimate of drug-likeness (QED) is 0.451. The molecule has 1 aliphatic carbocycles. The summed E-state index contributed by atoms with van der Waals surface area (Å²) in [6.07, 6.45) is 12.6. The lowest BCUT2D eigenvalue weighted by Gasteiger charge is -2.34. The smallest absolute Gasteiger partial charge is 0.193 e. The molecule has 5 heteroatoms. The van der Waals surface area contributed by atoms with Gasteiger partial charge >= 0.3 is 0 Å². The molecule has 5 nitrogen and oxygen atoms in total. The number of nitrogens with one attached hydrogen (secondary N) is 1. The van der Waals surface area contributed by atoms with Crippen LogP contribution in [0.2, 0.25) is 0 Å². The van der Waals surface area contributed by atoms with Crippen LogP contribution in [0.4, 0.5) is 5.69 Å². The fourth-order valence-corrected chi connectivity index (χ4v) is 4.75. The first-order chi connectivity index (χ1) is 14.3. The van der Waals surface area contributed by atoms with Crippen molar-refractivity contribution in [2.75, 3.05) is 44.7 Å². The molecular weight excluding hydrogens is 360 g/mol. The van der Waals surface area contributed by atoms with Gasteiger partial charge in [0.05, 0.1) is 6.10 Å². The van der Waals surface area contributed by atoms with E-state index < -0.39 is 0 Å². The van der Waals surface area contributed by atoms with Gasteiger partial charge in [0.2, 0.25) is 0 Å². The first kappa shape index (κ1) is 20.3. The Balaban J connectivity index is 1.22. The third kappa shape index (κ3) is 5.53. The second-order valence-electron chi connectivity index (χ2n) is 8.62. The molecule has 0 amide bonds. The highest BCUT2D eigenvalue weighted by molar-refractivity contribution is 5.80. The minimum Gasteiger partial charge on any atom is -0.378 e. The van der Waals surface area contributed by atoms with Crippen LogP contribution in [0.5, 0.6) is 0 Å². The van der Waals surface area contributed by atoms with Crippen molar-refractivity contribution in [2.24, 2.45) is 10.9 Å². The number of piperidine rings is 1. The predicted octanol–water partition coefficient (Wildman–Crippen LogP) is 3.81. The normalized spacial score (nSPS) is 21.3. The number of ether oxygens (including phenoxy) is 1. The van der Waals surface area contributed by atoms with Crippen molar-refractivity contribution in [1.82, 2.24) is 10.2 Å². The average Bonchev–Trinajstić information content (AvgIpc) is 3.48. The summed E-state index contributed by atoms with van der Waals surface area (Å²) in [6.45, 7) is 5.84. The molecule has 158 valence electrons. The van der Waals surface area contributed by atoms with Gasteiger partial charge in [0.1, 0.15) is 0 Å². The largest absolute Gasteiger partial charge is 0.378 e. The highest BCUT2D eigenvalue weighted by Crippen LogP contribution is 2.26. The Kier molecular flexibility index (Phi) is 7.09. The zero-order chi connectivity index (χ0) is 19.9. The standard InChI is InChI=1S/C24H36N4O/c1-25-24(26-18-21-9-6-10-22(17-21)27-13-4-5-14-27)28-15-11-23(12-16-28)29-19-20-7-2-3-8-20/h4-6,9-10,17,20,23H,2-3,7-8,11-16,18-19H2,1H3,(H,25,26). The minimum absolute atomic E-state index is 0.427. The summed E-state index contributed by atoms with van der Waals surface area (Å²) < 4.78 is 6.22. The topological polar surface area (TPSA) is 40.1 Å². The van der Waals surface area contributed by atoms with E-state index in [4.69, 9.17) is 4.74 Å². The third-order valence-electron chi connectivity index (χ3n) is 6.54. The van der Waals surface area contributed by atoms with Crippen molar-refractivity contribution >= 4 is 11.6 Å². The molecule has 0 bridgehead atoms. The second kappa shape index (κ2) is 10.1. The number of hydrogen-bond acceptors (Lipinski definition) is 3. The lowest BCUT2D eigenvalue weighted by atomic mass is 10.1. The molecule has 0 atom stereocenters. The van der Waals surface area contributed by atoms with Gasteiger partial charge in [-0.25, -0.2) is 0 Å². The summed E-state index contributed by atoms with van der Waals surface area (Å²) in [7, 11) is 1.89. The molecule has 2 fully saturated rings. The molecule has 4 rings (SSSR count). The van der Waals surface area contributed by atoms with E-state index in [9.17, 15) is 0 Å². The number of aliphatic imine (C=N–C) groups is 1. The van der Waals surface area contributed by atoms with Gasteiger partial charge in [-0.05, 0) is 49.3 Å². The van der Waals surface area contributed by atoms with Crippen LogP contribution in [0.25, 0.3) is 0 Å². The number of anilines is 1. The van der Waals surface area contributed by atoms with Crippen LogP contribution >= 0.6 is 0 Å². The van der Waals surface area contributed by atoms with Gasteiger partial charge in [-0.15, -0.1) is 0 Å². The Morgan fingerprint density at radius 1 is 1.10 bits per heavy atom. The maximum absolute atomic E-state index is 6.22. The number of nitrogens with zero attached hydrogens (tertiary/aromatic N) is 3. The average molecular weight is 397 g/mol. The van der Waals surface area contributed by atoms with Gasteiger partial charge < -0.3 is 19.9 Å². The first-order valence-electron chi connectivity index (χ1n) is 11.4. The Morgan fingerprint density at radius 2 is 1.86 bits per heavy atom. The van der Waals surface area contributed by atoms with Crippen molar-refractivity contribution in [3.8, 4) is 0 Å². The highest BCUT2D eigenvalue weighted by atomic mass is 16.5. The van der Waals surface area contributed by atoms with Gasteiger partial charge in [-0.3, -0.25) is 4.99 Å². The van der Waals surface area contributed by atoms with Crippen LogP contribution in [0, 0.1) is 5.92 Å². The number of hydrogen-bond donors (Lipinski definition) is 1. The molecule has 1 aromatic carbocycles. The number of rotatable bonds is 6. The fourth-order valence-electron chi connectivity index (χ4n) is 4.75. The van der Waals surface area contributed by atoms with Crippen LogP contribution in [0.15, 0.2) is 41.4 Å². The number of likely N-dealkylation sites (tertiary alicyclic amines) is 1. The van der Waals surface area contributed by atoms with Crippen molar-refractivity contribution in [3.63, 3.8) is 0 Å². The molecule has 0 radical (unpaired) electrons. The number of benzene rings is 1. The molecular formula is C24H36N4O. The molecule has 29 heavy (non-hydrogen) atoms. The van der Waals surface area contributed by atoms with E-state index in [1.807, 2.05) is 7.05 Å². The van der Waals surface area contributed by atoms with E-state index in [1.54, 1.807) is 0 Å². The fraction of sp³-hybridized carbons (Fsp3) is 0.625. The van der Waals surface area contributed by atoms with Crippen LogP contribution < -0.4 is 10.2 Å². The van der Waals surface area contributed by atoms with Gasteiger partial charge in [0.25, 0.3) is 0 Å². The maximum Gasteiger partial charge on any atom is 0.193 e. The summed E-state index contributed by atoms with van der Waals surface area (Å²) in [6, 6.07) is 8.83. The molecule has 0 unspecified atom stereocenters. The zero-order valence-electron chi connectivity index (χ0n) is 17.9. The van der Waals surface area contributed by atoms with E-state index in [1.165, 1.54) is 36.9 Å². The summed E-state index contributed by atoms with van der Waals surface area (Å²) in [5, 5.41) is 3.57. The molecule has 2 heterocycles. The molecule has 1 saturated carbocycles.